The van der Waals surface area contributed by atoms with Gasteiger partial charge in [0.05, 0.1) is 5.02 Å². The summed E-state index contributed by atoms with van der Waals surface area (Å²) >= 11 is 6.04. The molecule has 0 aromatic heterocycles. The van der Waals surface area contributed by atoms with Crippen molar-refractivity contribution in [1.29, 1.82) is 0 Å². The van der Waals surface area contributed by atoms with Gasteiger partial charge in [0.1, 0.15) is 12.4 Å². The van der Waals surface area contributed by atoms with Crippen LogP contribution in [-0.2, 0) is 0 Å². The van der Waals surface area contributed by atoms with Crippen LogP contribution in [0.1, 0.15) is 6.92 Å². The lowest BCUT2D eigenvalue weighted by Gasteiger charge is -2.33. The molecule has 0 radical (unpaired) electrons. The van der Waals surface area contributed by atoms with Crippen molar-refractivity contribution in [2.75, 3.05) is 45.9 Å². The Morgan fingerprint density at radius 3 is 2.44 bits per heavy atom. The molecule has 0 aliphatic carbocycles. The lowest BCUT2D eigenvalue weighted by Crippen LogP contribution is -2.47. The lowest BCUT2D eigenvalue weighted by molar-refractivity contribution is 0.121. The van der Waals surface area contributed by atoms with Crippen LogP contribution in [0.2, 0.25) is 5.02 Å². The van der Waals surface area contributed by atoms with Crippen LogP contribution in [0.15, 0.2) is 24.3 Å². The van der Waals surface area contributed by atoms with Gasteiger partial charge in [-0.15, -0.1) is 0 Å². The first kappa shape index (κ1) is 13.7. The van der Waals surface area contributed by atoms with Gasteiger partial charge in [-0.2, -0.15) is 0 Å². The van der Waals surface area contributed by atoms with Gasteiger partial charge >= 0.3 is 0 Å². The van der Waals surface area contributed by atoms with E-state index in [4.69, 9.17) is 16.3 Å². The van der Waals surface area contributed by atoms with Gasteiger partial charge < -0.3 is 9.64 Å². The van der Waals surface area contributed by atoms with Crippen LogP contribution in [0.25, 0.3) is 0 Å². The van der Waals surface area contributed by atoms with Crippen molar-refractivity contribution in [2.24, 2.45) is 0 Å². The normalized spacial score (nSPS) is 17.9. The number of para-hydroxylation sites is 1. The van der Waals surface area contributed by atoms with Crippen molar-refractivity contribution in [3.05, 3.63) is 29.3 Å². The number of halogens is 1. The Bertz CT molecular complexity index is 365. The molecule has 1 fully saturated rings. The molecule has 1 aliphatic rings. The van der Waals surface area contributed by atoms with Gasteiger partial charge in [0, 0.05) is 32.7 Å². The molecular weight excluding hydrogens is 248 g/mol. The first-order chi connectivity index (χ1) is 8.79. The summed E-state index contributed by atoms with van der Waals surface area (Å²) in [4.78, 5) is 4.93. The first-order valence-electron chi connectivity index (χ1n) is 6.61. The molecule has 0 bridgehead atoms. The second-order valence-corrected chi connectivity index (χ2v) is 4.96. The zero-order valence-corrected chi connectivity index (χ0v) is 11.7. The summed E-state index contributed by atoms with van der Waals surface area (Å²) < 4.78 is 5.71. The summed E-state index contributed by atoms with van der Waals surface area (Å²) in [5.74, 6) is 0.784. The quantitative estimate of drug-likeness (QED) is 0.815. The van der Waals surface area contributed by atoms with Gasteiger partial charge in [0.25, 0.3) is 0 Å². The third-order valence-electron chi connectivity index (χ3n) is 3.41. The van der Waals surface area contributed by atoms with Gasteiger partial charge in [-0.05, 0) is 18.7 Å². The van der Waals surface area contributed by atoms with Crippen LogP contribution >= 0.6 is 11.6 Å². The van der Waals surface area contributed by atoms with E-state index in [1.54, 1.807) is 0 Å². The molecule has 18 heavy (non-hydrogen) atoms. The molecule has 3 nitrogen and oxygen atoms in total. The van der Waals surface area contributed by atoms with Crippen LogP contribution in [0.3, 0.4) is 0 Å². The van der Waals surface area contributed by atoms with Crippen LogP contribution < -0.4 is 4.74 Å². The van der Waals surface area contributed by atoms with Crippen LogP contribution in [0, 0.1) is 0 Å². The average molecular weight is 269 g/mol. The molecule has 0 amide bonds. The van der Waals surface area contributed by atoms with E-state index >= 15 is 0 Å². The summed E-state index contributed by atoms with van der Waals surface area (Å²) in [6.07, 6.45) is 0. The Kier molecular flexibility index (Phi) is 5.29. The molecular formula is C14H21ClN2O. The maximum Gasteiger partial charge on any atom is 0.137 e. The summed E-state index contributed by atoms with van der Waals surface area (Å²) in [5.41, 5.74) is 0. The van der Waals surface area contributed by atoms with Crippen LogP contribution in [0.5, 0.6) is 5.75 Å². The van der Waals surface area contributed by atoms with Crippen LogP contribution in [0.4, 0.5) is 0 Å². The standard InChI is InChI=1S/C14H21ClN2O/c1-2-16-7-9-17(10-8-16)11-12-18-14-6-4-3-5-13(14)15/h3-6H,2,7-12H2,1H3. The highest BCUT2D eigenvalue weighted by Gasteiger charge is 2.14. The second-order valence-electron chi connectivity index (χ2n) is 4.55. The van der Waals surface area contributed by atoms with E-state index in [1.807, 2.05) is 24.3 Å². The fourth-order valence-electron chi connectivity index (χ4n) is 2.18. The molecule has 1 heterocycles. The molecule has 0 saturated carbocycles. The minimum Gasteiger partial charge on any atom is -0.491 e. The van der Waals surface area contributed by atoms with Crippen molar-refractivity contribution >= 4 is 11.6 Å². The number of nitrogens with zero attached hydrogens (tertiary/aromatic N) is 2. The van der Waals surface area contributed by atoms with Gasteiger partial charge in [0.15, 0.2) is 0 Å². The van der Waals surface area contributed by atoms with Crippen molar-refractivity contribution in [2.45, 2.75) is 6.92 Å². The third kappa shape index (κ3) is 3.87. The Hall–Kier alpha value is -0.770. The lowest BCUT2D eigenvalue weighted by atomic mass is 10.3. The topological polar surface area (TPSA) is 15.7 Å². The molecule has 0 N–H and O–H groups in total. The number of hydrogen-bond donors (Lipinski definition) is 0. The summed E-state index contributed by atoms with van der Waals surface area (Å²) in [7, 11) is 0. The van der Waals surface area contributed by atoms with Crippen molar-refractivity contribution in [3.8, 4) is 5.75 Å². The van der Waals surface area contributed by atoms with E-state index in [1.165, 1.54) is 13.1 Å². The molecule has 4 heteroatoms. The Morgan fingerprint density at radius 1 is 1.11 bits per heavy atom. The van der Waals surface area contributed by atoms with Crippen molar-refractivity contribution in [1.82, 2.24) is 9.80 Å². The highest BCUT2D eigenvalue weighted by molar-refractivity contribution is 6.32. The minimum atomic E-state index is 0.688. The Balaban J connectivity index is 1.69. The zero-order chi connectivity index (χ0) is 12.8. The molecule has 2 rings (SSSR count). The zero-order valence-electron chi connectivity index (χ0n) is 10.9. The Labute approximate surface area is 114 Å². The van der Waals surface area contributed by atoms with Gasteiger partial charge in [-0.1, -0.05) is 30.7 Å². The van der Waals surface area contributed by atoms with Crippen molar-refractivity contribution < 1.29 is 4.74 Å². The largest absolute Gasteiger partial charge is 0.491 e. The predicted octanol–water partition coefficient (Wildman–Crippen LogP) is 2.36. The summed E-state index contributed by atoms with van der Waals surface area (Å²) in [6, 6.07) is 7.63. The molecule has 1 aromatic rings. The predicted molar refractivity (Wildman–Crippen MR) is 75.5 cm³/mol. The molecule has 1 aliphatic heterocycles. The smallest absolute Gasteiger partial charge is 0.137 e. The Morgan fingerprint density at radius 2 is 1.78 bits per heavy atom. The number of benzene rings is 1. The number of likely N-dealkylation sites (N-methyl/N-ethyl adjacent to an activating group) is 1. The highest BCUT2D eigenvalue weighted by Crippen LogP contribution is 2.22. The number of ether oxygens (including phenoxy) is 1. The summed E-state index contributed by atoms with van der Waals surface area (Å²) in [6.45, 7) is 9.67. The van der Waals surface area contributed by atoms with E-state index in [-0.39, 0.29) is 0 Å². The molecule has 0 atom stereocenters. The maximum absolute atomic E-state index is 6.04. The third-order valence-corrected chi connectivity index (χ3v) is 3.73. The number of piperazine rings is 1. The molecule has 100 valence electrons. The second kappa shape index (κ2) is 6.98. The summed E-state index contributed by atoms with van der Waals surface area (Å²) in [5, 5.41) is 0.688. The van der Waals surface area contributed by atoms with Gasteiger partial charge in [0.2, 0.25) is 0 Å². The van der Waals surface area contributed by atoms with Gasteiger partial charge in [-0.25, -0.2) is 0 Å². The van der Waals surface area contributed by atoms with E-state index in [9.17, 15) is 0 Å². The fraction of sp³-hybridized carbons (Fsp3) is 0.571. The minimum absolute atomic E-state index is 0.688. The van der Waals surface area contributed by atoms with Crippen LogP contribution in [-0.4, -0.2) is 55.7 Å². The molecule has 0 unspecified atom stereocenters. The molecule has 1 saturated heterocycles. The highest BCUT2D eigenvalue weighted by atomic mass is 35.5. The van der Waals surface area contributed by atoms with E-state index in [0.29, 0.717) is 11.6 Å². The van der Waals surface area contributed by atoms with Gasteiger partial charge in [-0.3, -0.25) is 4.90 Å². The van der Waals surface area contributed by atoms with E-state index < -0.39 is 0 Å². The number of hydrogen-bond acceptors (Lipinski definition) is 3. The molecule has 1 aromatic carbocycles. The fourth-order valence-corrected chi connectivity index (χ4v) is 2.37. The van der Waals surface area contributed by atoms with Crippen molar-refractivity contribution in [3.63, 3.8) is 0 Å². The van der Waals surface area contributed by atoms with E-state index in [2.05, 4.69) is 16.7 Å². The van der Waals surface area contributed by atoms with E-state index in [0.717, 1.165) is 31.9 Å². The SMILES string of the molecule is CCN1CCN(CCOc2ccccc2Cl)CC1. The first-order valence-corrected chi connectivity index (χ1v) is 6.99. The maximum atomic E-state index is 6.04. The monoisotopic (exact) mass is 268 g/mol. The molecule has 0 spiro atoms. The number of rotatable bonds is 5. The average Bonchev–Trinajstić information content (AvgIpc) is 2.42.